The lowest BCUT2D eigenvalue weighted by atomic mass is 10.2. The normalized spacial score (nSPS) is 14.3. The van der Waals surface area contributed by atoms with Gasteiger partial charge in [-0.15, -0.1) is 11.3 Å². The van der Waals surface area contributed by atoms with Crippen molar-refractivity contribution in [1.29, 1.82) is 0 Å². The van der Waals surface area contributed by atoms with E-state index in [1.807, 2.05) is 29.2 Å². The Bertz CT molecular complexity index is 614. The van der Waals surface area contributed by atoms with Crippen LogP contribution in [0.1, 0.15) is 16.1 Å². The number of rotatable bonds is 2. The summed E-state index contributed by atoms with van der Waals surface area (Å²) in [7, 11) is 0. The molecule has 2 nitrogen and oxygen atoms in total. The molecule has 1 aliphatic heterocycles. The first-order valence-electron chi connectivity index (χ1n) is 5.99. The lowest BCUT2D eigenvalue weighted by molar-refractivity contribution is 0.0657. The lowest BCUT2D eigenvalue weighted by Crippen LogP contribution is -2.41. The second-order valence-electron chi connectivity index (χ2n) is 4.47. The molecule has 0 bridgehead atoms. The van der Waals surface area contributed by atoms with Gasteiger partial charge in [-0.2, -0.15) is 0 Å². The second kappa shape index (κ2) is 5.16. The molecule has 0 aliphatic carbocycles. The fourth-order valence-corrected chi connectivity index (χ4v) is 3.47. The van der Waals surface area contributed by atoms with E-state index in [-0.39, 0.29) is 5.91 Å². The molecule has 1 aromatic carbocycles. The van der Waals surface area contributed by atoms with Gasteiger partial charge in [0, 0.05) is 28.0 Å². The monoisotopic (exact) mass is 311 g/mol. The summed E-state index contributed by atoms with van der Waals surface area (Å²) in [5, 5.41) is 1.21. The predicted molar refractivity (Wildman–Crippen MR) is 80.3 cm³/mol. The zero-order valence-corrected chi connectivity index (χ0v) is 12.4. The zero-order valence-electron chi connectivity index (χ0n) is 10.0. The minimum absolute atomic E-state index is 0.121. The Morgan fingerprint density at radius 1 is 1.11 bits per heavy atom. The maximum Gasteiger partial charge on any atom is 0.263 e. The van der Waals surface area contributed by atoms with Crippen LogP contribution in [0.3, 0.4) is 0 Å². The number of carbonyl (C=O) groups excluding carboxylic acids is 1. The maximum atomic E-state index is 12.1. The van der Waals surface area contributed by atoms with Crippen molar-refractivity contribution < 1.29 is 4.79 Å². The van der Waals surface area contributed by atoms with Gasteiger partial charge in [0.25, 0.3) is 5.91 Å². The number of hydrogen-bond acceptors (Lipinski definition) is 2. The molecule has 0 unspecified atom stereocenters. The summed E-state index contributed by atoms with van der Waals surface area (Å²) >= 11 is 13.5. The third-order valence-corrected chi connectivity index (χ3v) is 4.67. The number of thiophene rings is 1. The van der Waals surface area contributed by atoms with Gasteiger partial charge in [-0.1, -0.05) is 23.2 Å². The Kier molecular flexibility index (Phi) is 3.52. The molecule has 1 saturated heterocycles. The molecule has 0 atom stereocenters. The van der Waals surface area contributed by atoms with Crippen molar-refractivity contribution in [1.82, 2.24) is 4.90 Å². The van der Waals surface area contributed by atoms with Gasteiger partial charge >= 0.3 is 0 Å². The number of halogens is 2. The highest BCUT2D eigenvalue weighted by atomic mass is 35.5. The highest BCUT2D eigenvalue weighted by Crippen LogP contribution is 2.33. The molecule has 1 fully saturated rings. The SMILES string of the molecule is O=C(c1ccc(-c2cc(Cl)cc(Cl)c2)s1)N1CCC1. The molecule has 2 heterocycles. The van der Waals surface area contributed by atoms with Crippen molar-refractivity contribution in [2.75, 3.05) is 13.1 Å². The summed E-state index contributed by atoms with van der Waals surface area (Å²) < 4.78 is 0. The molecule has 19 heavy (non-hydrogen) atoms. The highest BCUT2D eigenvalue weighted by Gasteiger charge is 2.22. The van der Waals surface area contributed by atoms with E-state index < -0.39 is 0 Å². The van der Waals surface area contributed by atoms with Crippen molar-refractivity contribution in [3.05, 3.63) is 45.3 Å². The fraction of sp³-hybridized carbons (Fsp3) is 0.214. The van der Waals surface area contributed by atoms with Crippen LogP contribution in [-0.2, 0) is 0 Å². The standard InChI is InChI=1S/C14H11Cl2NOS/c15-10-6-9(7-11(16)8-10)12-2-3-13(19-12)14(18)17-4-1-5-17/h2-3,6-8H,1,4-5H2. The van der Waals surface area contributed by atoms with E-state index in [1.165, 1.54) is 11.3 Å². The summed E-state index contributed by atoms with van der Waals surface area (Å²) in [5.74, 6) is 0.121. The molecule has 3 rings (SSSR count). The van der Waals surface area contributed by atoms with Crippen LogP contribution in [0.15, 0.2) is 30.3 Å². The van der Waals surface area contributed by atoms with Gasteiger partial charge in [-0.25, -0.2) is 0 Å². The van der Waals surface area contributed by atoms with E-state index in [0.717, 1.165) is 34.8 Å². The average Bonchev–Trinajstić information content (AvgIpc) is 2.74. The van der Waals surface area contributed by atoms with Crippen molar-refractivity contribution >= 4 is 40.4 Å². The Hall–Kier alpha value is -1.03. The smallest absolute Gasteiger partial charge is 0.263 e. The maximum absolute atomic E-state index is 12.1. The zero-order chi connectivity index (χ0) is 13.4. The van der Waals surface area contributed by atoms with Crippen molar-refractivity contribution in [2.45, 2.75) is 6.42 Å². The number of likely N-dealkylation sites (tertiary alicyclic amines) is 1. The highest BCUT2D eigenvalue weighted by molar-refractivity contribution is 7.17. The molecule has 0 saturated carbocycles. The summed E-state index contributed by atoms with van der Waals surface area (Å²) in [4.78, 5) is 15.7. The van der Waals surface area contributed by atoms with Gasteiger partial charge in [-0.3, -0.25) is 4.79 Å². The van der Waals surface area contributed by atoms with Gasteiger partial charge < -0.3 is 4.90 Å². The first-order valence-corrected chi connectivity index (χ1v) is 7.56. The summed E-state index contributed by atoms with van der Waals surface area (Å²) in [6, 6.07) is 9.23. The number of hydrogen-bond donors (Lipinski definition) is 0. The van der Waals surface area contributed by atoms with Crippen LogP contribution in [0, 0.1) is 0 Å². The first kappa shape index (κ1) is 13.0. The summed E-state index contributed by atoms with van der Waals surface area (Å²) in [5.41, 5.74) is 0.949. The van der Waals surface area contributed by atoms with Gasteiger partial charge in [0.05, 0.1) is 4.88 Å². The van der Waals surface area contributed by atoms with Gasteiger partial charge in [0.2, 0.25) is 0 Å². The molecule has 0 radical (unpaired) electrons. The topological polar surface area (TPSA) is 20.3 Å². The predicted octanol–water partition coefficient (Wildman–Crippen LogP) is 4.57. The lowest BCUT2D eigenvalue weighted by Gasteiger charge is -2.30. The number of amides is 1. The van der Waals surface area contributed by atoms with E-state index in [2.05, 4.69) is 0 Å². The summed E-state index contributed by atoms with van der Waals surface area (Å²) in [6.07, 6.45) is 1.11. The van der Waals surface area contributed by atoms with E-state index in [9.17, 15) is 4.79 Å². The minimum Gasteiger partial charge on any atom is -0.338 e. The fourth-order valence-electron chi connectivity index (χ4n) is 1.98. The van der Waals surface area contributed by atoms with Crippen molar-refractivity contribution in [3.8, 4) is 10.4 Å². The largest absolute Gasteiger partial charge is 0.338 e. The molecule has 5 heteroatoms. The van der Waals surface area contributed by atoms with Crippen LogP contribution >= 0.6 is 34.5 Å². The summed E-state index contributed by atoms with van der Waals surface area (Å²) in [6.45, 7) is 1.74. The van der Waals surface area contributed by atoms with Crippen LogP contribution in [-0.4, -0.2) is 23.9 Å². The van der Waals surface area contributed by atoms with E-state index in [0.29, 0.717) is 10.0 Å². The first-order chi connectivity index (χ1) is 9.13. The third kappa shape index (κ3) is 2.64. The molecule has 2 aromatic rings. The van der Waals surface area contributed by atoms with Crippen LogP contribution in [0.25, 0.3) is 10.4 Å². The minimum atomic E-state index is 0.121. The van der Waals surface area contributed by atoms with Gasteiger partial charge in [0.1, 0.15) is 0 Å². The van der Waals surface area contributed by atoms with E-state index >= 15 is 0 Å². The molecule has 98 valence electrons. The molecule has 1 aromatic heterocycles. The molecule has 1 amide bonds. The second-order valence-corrected chi connectivity index (χ2v) is 6.42. The molecular weight excluding hydrogens is 301 g/mol. The van der Waals surface area contributed by atoms with E-state index in [4.69, 9.17) is 23.2 Å². The third-order valence-electron chi connectivity index (χ3n) is 3.11. The van der Waals surface area contributed by atoms with Crippen molar-refractivity contribution in [2.24, 2.45) is 0 Å². The Morgan fingerprint density at radius 3 is 2.37 bits per heavy atom. The van der Waals surface area contributed by atoms with Crippen molar-refractivity contribution in [3.63, 3.8) is 0 Å². The van der Waals surface area contributed by atoms with Crippen LogP contribution in [0.5, 0.6) is 0 Å². The molecule has 1 aliphatic rings. The van der Waals surface area contributed by atoms with Crippen LogP contribution in [0.2, 0.25) is 10.0 Å². The van der Waals surface area contributed by atoms with Crippen LogP contribution in [0.4, 0.5) is 0 Å². The van der Waals surface area contributed by atoms with E-state index in [1.54, 1.807) is 6.07 Å². The molecule has 0 N–H and O–H groups in total. The number of benzene rings is 1. The molecule has 0 spiro atoms. The Morgan fingerprint density at radius 2 is 1.79 bits per heavy atom. The van der Waals surface area contributed by atoms with Crippen LogP contribution < -0.4 is 0 Å². The van der Waals surface area contributed by atoms with Gasteiger partial charge in [-0.05, 0) is 42.3 Å². The van der Waals surface area contributed by atoms with Gasteiger partial charge in [0.15, 0.2) is 0 Å². The Balaban J connectivity index is 1.89. The quantitative estimate of drug-likeness (QED) is 0.795. The average molecular weight is 312 g/mol. The molecular formula is C14H11Cl2NOS. The number of carbonyl (C=O) groups is 1. The number of nitrogens with zero attached hydrogens (tertiary/aromatic N) is 1. The Labute approximate surface area is 125 Å².